The average molecular weight is 307 g/mol. The first-order valence-electron chi connectivity index (χ1n) is 6.97. The van der Waals surface area contributed by atoms with Gasteiger partial charge >= 0.3 is 5.69 Å². The summed E-state index contributed by atoms with van der Waals surface area (Å²) in [5.41, 5.74) is -0.429. The van der Waals surface area contributed by atoms with Crippen molar-refractivity contribution in [1.29, 1.82) is 0 Å². The van der Waals surface area contributed by atoms with Gasteiger partial charge in [0.05, 0.1) is 19.5 Å². The number of carbonyl (C=O) groups is 1. The molecule has 1 fully saturated rings. The first kappa shape index (κ1) is 14.5. The molecule has 0 aromatic carbocycles. The number of aromatic nitrogens is 4. The van der Waals surface area contributed by atoms with E-state index in [0.29, 0.717) is 37.5 Å². The Balaban J connectivity index is 2.03. The summed E-state index contributed by atoms with van der Waals surface area (Å²) in [6.45, 7) is 1.62. The van der Waals surface area contributed by atoms with Crippen molar-refractivity contribution in [3.63, 3.8) is 0 Å². The fourth-order valence-corrected chi connectivity index (χ4v) is 2.58. The number of morpholine rings is 1. The lowest BCUT2D eigenvalue weighted by atomic mass is 10.4. The molecule has 0 spiro atoms. The molecule has 22 heavy (non-hydrogen) atoms. The lowest BCUT2D eigenvalue weighted by molar-refractivity contribution is -0.136. The third-order valence-electron chi connectivity index (χ3n) is 3.86. The van der Waals surface area contributed by atoms with E-state index in [9.17, 15) is 14.4 Å². The van der Waals surface area contributed by atoms with Gasteiger partial charge in [0.2, 0.25) is 5.91 Å². The summed E-state index contributed by atoms with van der Waals surface area (Å²) in [6.07, 6.45) is 1.47. The highest BCUT2D eigenvalue weighted by atomic mass is 16.5. The predicted octanol–water partition coefficient (Wildman–Crippen LogP) is -1.71. The van der Waals surface area contributed by atoms with Crippen LogP contribution in [-0.2, 0) is 30.2 Å². The van der Waals surface area contributed by atoms with E-state index in [1.54, 1.807) is 16.5 Å². The Morgan fingerprint density at radius 2 is 1.95 bits per heavy atom. The molecule has 9 nitrogen and oxygen atoms in total. The van der Waals surface area contributed by atoms with Crippen LogP contribution in [0.4, 0.5) is 0 Å². The number of ether oxygens (including phenoxy) is 1. The van der Waals surface area contributed by atoms with E-state index < -0.39 is 11.2 Å². The molecule has 0 unspecified atom stereocenters. The van der Waals surface area contributed by atoms with Gasteiger partial charge in [-0.05, 0) is 0 Å². The van der Waals surface area contributed by atoms with Crippen LogP contribution in [-0.4, -0.2) is 55.8 Å². The number of rotatable bonds is 2. The number of hydrogen-bond acceptors (Lipinski definition) is 5. The summed E-state index contributed by atoms with van der Waals surface area (Å²) in [5.74, 6) is -0.260. The number of fused-ring (bicyclic) bond motifs is 1. The fraction of sp³-hybridized carbons (Fsp3) is 0.538. The smallest absolute Gasteiger partial charge is 0.332 e. The fourth-order valence-electron chi connectivity index (χ4n) is 2.58. The Morgan fingerprint density at radius 1 is 1.27 bits per heavy atom. The third kappa shape index (κ3) is 2.23. The highest BCUT2D eigenvalue weighted by Gasteiger charge is 2.21. The Kier molecular flexibility index (Phi) is 3.57. The van der Waals surface area contributed by atoms with Crippen LogP contribution in [0.15, 0.2) is 15.9 Å². The second kappa shape index (κ2) is 5.41. The minimum atomic E-state index is -0.544. The highest BCUT2D eigenvalue weighted by Crippen LogP contribution is 2.03. The first-order chi connectivity index (χ1) is 10.5. The third-order valence-corrected chi connectivity index (χ3v) is 3.86. The van der Waals surface area contributed by atoms with Crippen LogP contribution < -0.4 is 11.2 Å². The maximum atomic E-state index is 12.5. The van der Waals surface area contributed by atoms with Gasteiger partial charge in [0.1, 0.15) is 6.54 Å². The maximum absolute atomic E-state index is 12.5. The van der Waals surface area contributed by atoms with Crippen LogP contribution >= 0.6 is 0 Å². The summed E-state index contributed by atoms with van der Waals surface area (Å²) in [6, 6.07) is 0. The minimum Gasteiger partial charge on any atom is -0.378 e. The molecule has 118 valence electrons. The predicted molar refractivity (Wildman–Crippen MR) is 77.6 cm³/mol. The monoisotopic (exact) mass is 307 g/mol. The molecule has 1 amide bonds. The van der Waals surface area contributed by atoms with Crippen molar-refractivity contribution in [2.24, 2.45) is 14.1 Å². The minimum absolute atomic E-state index is 0.260. The van der Waals surface area contributed by atoms with Crippen molar-refractivity contribution >= 4 is 17.1 Å². The average Bonchev–Trinajstić information content (AvgIpc) is 2.92. The van der Waals surface area contributed by atoms with Crippen molar-refractivity contribution in [2.45, 2.75) is 6.54 Å². The van der Waals surface area contributed by atoms with Crippen molar-refractivity contribution < 1.29 is 9.53 Å². The number of amides is 1. The van der Waals surface area contributed by atoms with Crippen LogP contribution in [0.2, 0.25) is 0 Å². The largest absolute Gasteiger partial charge is 0.378 e. The Labute approximate surface area is 125 Å². The molecule has 1 saturated heterocycles. The van der Waals surface area contributed by atoms with Gasteiger partial charge < -0.3 is 14.2 Å². The van der Waals surface area contributed by atoms with Crippen LogP contribution in [0.25, 0.3) is 11.2 Å². The van der Waals surface area contributed by atoms with Crippen molar-refractivity contribution in [3.05, 3.63) is 27.2 Å². The standard InChI is InChI=1S/C13H17N5O4/c1-15-8-14-11-10(15)12(20)18(13(21)16(11)2)7-9(19)17-3-5-22-6-4-17/h8H,3-7H2,1-2H3. The zero-order valence-corrected chi connectivity index (χ0v) is 12.5. The van der Waals surface area contributed by atoms with Gasteiger partial charge in [-0.3, -0.25) is 14.2 Å². The van der Waals surface area contributed by atoms with Gasteiger partial charge in [0.25, 0.3) is 5.56 Å². The Hall–Kier alpha value is -2.42. The number of carbonyl (C=O) groups excluding carboxylic acids is 1. The Morgan fingerprint density at radius 3 is 2.64 bits per heavy atom. The van der Waals surface area contributed by atoms with E-state index in [4.69, 9.17) is 4.74 Å². The van der Waals surface area contributed by atoms with E-state index in [-0.39, 0.29) is 12.5 Å². The summed E-state index contributed by atoms with van der Waals surface area (Å²) in [4.78, 5) is 42.7. The van der Waals surface area contributed by atoms with E-state index in [2.05, 4.69) is 4.98 Å². The van der Waals surface area contributed by atoms with E-state index in [0.717, 1.165) is 4.57 Å². The van der Waals surface area contributed by atoms with Crippen LogP contribution in [0.3, 0.4) is 0 Å². The molecule has 0 radical (unpaired) electrons. The summed E-state index contributed by atoms with van der Waals surface area (Å²) in [5, 5.41) is 0. The number of nitrogens with zero attached hydrogens (tertiary/aromatic N) is 5. The first-order valence-corrected chi connectivity index (χ1v) is 6.97. The van der Waals surface area contributed by atoms with Crippen molar-refractivity contribution in [2.75, 3.05) is 26.3 Å². The summed E-state index contributed by atoms with van der Waals surface area (Å²) >= 11 is 0. The molecular weight excluding hydrogens is 290 g/mol. The van der Waals surface area contributed by atoms with Gasteiger partial charge in [0, 0.05) is 27.2 Å². The molecular formula is C13H17N5O4. The van der Waals surface area contributed by atoms with Crippen LogP contribution in [0, 0.1) is 0 Å². The number of imidazole rings is 1. The van der Waals surface area contributed by atoms with Gasteiger partial charge in [0.15, 0.2) is 11.2 Å². The molecule has 2 aromatic rings. The van der Waals surface area contributed by atoms with Gasteiger partial charge in [-0.15, -0.1) is 0 Å². The molecule has 1 aliphatic heterocycles. The molecule has 3 rings (SSSR count). The lowest BCUT2D eigenvalue weighted by Gasteiger charge is -2.26. The van der Waals surface area contributed by atoms with Crippen LogP contribution in [0.5, 0.6) is 0 Å². The lowest BCUT2D eigenvalue weighted by Crippen LogP contribution is -2.47. The zero-order chi connectivity index (χ0) is 15.9. The molecule has 3 heterocycles. The normalized spacial score (nSPS) is 15.5. The Bertz CT molecular complexity index is 840. The zero-order valence-electron chi connectivity index (χ0n) is 12.5. The molecule has 9 heteroatoms. The van der Waals surface area contributed by atoms with E-state index in [1.807, 2.05) is 0 Å². The highest BCUT2D eigenvalue weighted by molar-refractivity contribution is 5.77. The number of aryl methyl sites for hydroxylation is 2. The molecule has 0 bridgehead atoms. The quantitative estimate of drug-likeness (QED) is 0.659. The van der Waals surface area contributed by atoms with E-state index >= 15 is 0 Å². The molecule has 0 saturated carbocycles. The summed E-state index contributed by atoms with van der Waals surface area (Å²) < 4.78 is 8.98. The topological polar surface area (TPSA) is 91.4 Å². The molecule has 1 aliphatic rings. The molecule has 2 aromatic heterocycles. The molecule has 0 N–H and O–H groups in total. The maximum Gasteiger partial charge on any atom is 0.332 e. The van der Waals surface area contributed by atoms with E-state index in [1.165, 1.54) is 17.9 Å². The second-order valence-corrected chi connectivity index (χ2v) is 5.25. The van der Waals surface area contributed by atoms with Crippen molar-refractivity contribution in [3.8, 4) is 0 Å². The summed E-state index contributed by atoms with van der Waals surface area (Å²) in [7, 11) is 3.21. The number of hydrogen-bond donors (Lipinski definition) is 0. The second-order valence-electron chi connectivity index (χ2n) is 5.25. The SMILES string of the molecule is Cn1cnc2c1c(=O)n(CC(=O)N1CCOCC1)c(=O)n2C. The van der Waals surface area contributed by atoms with Crippen LogP contribution in [0.1, 0.15) is 0 Å². The van der Waals surface area contributed by atoms with Gasteiger partial charge in [-0.25, -0.2) is 14.3 Å². The van der Waals surface area contributed by atoms with Crippen molar-refractivity contribution in [1.82, 2.24) is 23.6 Å². The molecule has 0 atom stereocenters. The van der Waals surface area contributed by atoms with Gasteiger partial charge in [-0.1, -0.05) is 0 Å². The van der Waals surface area contributed by atoms with Gasteiger partial charge in [-0.2, -0.15) is 0 Å². The molecule has 0 aliphatic carbocycles.